The van der Waals surface area contributed by atoms with Gasteiger partial charge in [-0.1, -0.05) is 19.1 Å². The molecule has 1 saturated heterocycles. The van der Waals surface area contributed by atoms with E-state index in [1.54, 1.807) is 13.8 Å². The quantitative estimate of drug-likeness (QED) is 0.507. The number of aliphatic carboxylic acids is 1. The molecule has 5 nitrogen and oxygen atoms in total. The summed E-state index contributed by atoms with van der Waals surface area (Å²) in [5.41, 5.74) is 1.23. The number of carboxylic acid groups (broad SMARTS) is 1. The Labute approximate surface area is 209 Å². The number of fused-ring (bicyclic) bond motifs is 1. The van der Waals surface area contributed by atoms with Crippen molar-refractivity contribution < 1.29 is 27.8 Å². The maximum absolute atomic E-state index is 13.5. The number of hydrogen-bond donors (Lipinski definition) is 1. The number of alkyl halides is 3. The zero-order valence-electron chi connectivity index (χ0n) is 20.7. The minimum Gasteiger partial charge on any atom is -0.487 e. The van der Waals surface area contributed by atoms with Gasteiger partial charge in [0.1, 0.15) is 11.4 Å². The van der Waals surface area contributed by atoms with Crippen molar-refractivity contribution in [3.63, 3.8) is 0 Å². The zero-order chi connectivity index (χ0) is 25.7. The monoisotopic (exact) mass is 502 g/mol. The van der Waals surface area contributed by atoms with Gasteiger partial charge in [-0.25, -0.2) is 0 Å². The van der Waals surface area contributed by atoms with Crippen molar-refractivity contribution >= 4 is 5.97 Å². The van der Waals surface area contributed by atoms with Crippen LogP contribution in [0.4, 0.5) is 13.2 Å². The van der Waals surface area contributed by atoms with Crippen LogP contribution in [0.25, 0.3) is 0 Å². The number of rotatable bonds is 6. The first-order valence-electron chi connectivity index (χ1n) is 12.9. The fourth-order valence-corrected chi connectivity index (χ4v) is 6.14. The average Bonchev–Trinajstić information content (AvgIpc) is 3.68. The van der Waals surface area contributed by atoms with Gasteiger partial charge in [-0.15, -0.1) is 0 Å². The number of carboxylic acids is 1. The normalized spacial score (nSPS) is 22.4. The lowest BCUT2D eigenvalue weighted by Crippen LogP contribution is -2.50. The molecule has 1 aliphatic carbocycles. The molecule has 3 heterocycles. The molecule has 2 aliphatic heterocycles. The first kappa shape index (κ1) is 25.1. The Balaban J connectivity index is 1.31. The Morgan fingerprint density at radius 3 is 2.53 bits per heavy atom. The van der Waals surface area contributed by atoms with Crippen molar-refractivity contribution in [2.24, 2.45) is 11.8 Å². The molecule has 1 aromatic heterocycles. The van der Waals surface area contributed by atoms with E-state index in [1.807, 2.05) is 0 Å². The van der Waals surface area contributed by atoms with Gasteiger partial charge in [0.25, 0.3) is 0 Å². The maximum Gasteiger partial charge on any atom is 0.418 e. The summed E-state index contributed by atoms with van der Waals surface area (Å²) in [6, 6.07) is 8.19. The third kappa shape index (κ3) is 4.84. The number of likely N-dealkylation sites (tertiary alicyclic amines) is 1. The van der Waals surface area contributed by atoms with Crippen LogP contribution in [-0.2, 0) is 17.4 Å². The van der Waals surface area contributed by atoms with Crippen molar-refractivity contribution in [1.82, 2.24) is 9.88 Å². The van der Waals surface area contributed by atoms with E-state index >= 15 is 0 Å². The number of hydrogen-bond acceptors (Lipinski definition) is 4. The second-order valence-corrected chi connectivity index (χ2v) is 10.8. The van der Waals surface area contributed by atoms with Crippen LogP contribution in [-0.4, -0.2) is 39.7 Å². The topological polar surface area (TPSA) is 62.7 Å². The summed E-state index contributed by atoms with van der Waals surface area (Å²) in [5, 5.41) is 9.64. The number of nitrogens with zero attached hydrogens (tertiary/aromatic N) is 2. The molecule has 2 aromatic rings. The summed E-state index contributed by atoms with van der Waals surface area (Å²) in [6.45, 7) is 4.84. The Hall–Kier alpha value is -2.61. The predicted molar refractivity (Wildman–Crippen MR) is 129 cm³/mol. The van der Waals surface area contributed by atoms with Crippen LogP contribution in [0.1, 0.15) is 80.3 Å². The third-order valence-electron chi connectivity index (χ3n) is 8.51. The molecule has 0 bridgehead atoms. The highest BCUT2D eigenvalue weighted by molar-refractivity contribution is 5.71. The highest BCUT2D eigenvalue weighted by Gasteiger charge is 2.43. The highest BCUT2D eigenvalue weighted by atomic mass is 19.4. The largest absolute Gasteiger partial charge is 0.487 e. The molecular weight excluding hydrogens is 469 g/mol. The molecule has 2 fully saturated rings. The van der Waals surface area contributed by atoms with Gasteiger partial charge >= 0.3 is 12.1 Å². The van der Waals surface area contributed by atoms with E-state index in [2.05, 4.69) is 28.1 Å². The van der Waals surface area contributed by atoms with Crippen LogP contribution in [0.15, 0.2) is 36.5 Å². The molecule has 1 unspecified atom stereocenters. The summed E-state index contributed by atoms with van der Waals surface area (Å²) in [6.07, 6.45) is 2.32. The average molecular weight is 503 g/mol. The van der Waals surface area contributed by atoms with E-state index in [9.17, 15) is 23.1 Å². The summed E-state index contributed by atoms with van der Waals surface area (Å²) < 4.78 is 47.2. The Bertz CT molecular complexity index is 1120. The minimum absolute atomic E-state index is 0.0156. The van der Waals surface area contributed by atoms with E-state index in [1.165, 1.54) is 12.3 Å². The van der Waals surface area contributed by atoms with Crippen LogP contribution >= 0.6 is 0 Å². The molecule has 1 N–H and O–H groups in total. The standard InChI is InChI=1S/C28H33F3N2O3/c1-17(26(34)35)24(20-6-7-20)21-8-5-19-9-10-27(36-23(19)16-21)11-14-33(15-12-27)18(2)25-22(28(29,30)31)4-3-13-32-25/h3-5,8,13,16-18,20,24H,6-7,9-12,14-15H2,1-2H3,(H,34,35)/t17-,18?,24-/m0/s1. The van der Waals surface area contributed by atoms with Gasteiger partial charge in [-0.05, 0) is 86.6 Å². The molecule has 194 valence electrons. The van der Waals surface area contributed by atoms with Crippen molar-refractivity contribution in [2.75, 3.05) is 13.1 Å². The molecule has 3 atom stereocenters. The smallest absolute Gasteiger partial charge is 0.418 e. The van der Waals surface area contributed by atoms with Crippen molar-refractivity contribution in [3.8, 4) is 5.75 Å². The number of halogens is 3. The van der Waals surface area contributed by atoms with Crippen LogP contribution < -0.4 is 4.74 Å². The van der Waals surface area contributed by atoms with Crippen molar-refractivity contribution in [3.05, 3.63) is 58.9 Å². The lowest BCUT2D eigenvalue weighted by atomic mass is 9.80. The van der Waals surface area contributed by atoms with Gasteiger partial charge in [0.05, 0.1) is 17.2 Å². The number of aryl methyl sites for hydroxylation is 1. The van der Waals surface area contributed by atoms with Crippen LogP contribution in [0, 0.1) is 11.8 Å². The number of pyridine rings is 1. The fourth-order valence-electron chi connectivity index (χ4n) is 6.14. The van der Waals surface area contributed by atoms with E-state index in [0.717, 1.165) is 61.5 Å². The second-order valence-electron chi connectivity index (χ2n) is 10.8. The number of piperidine rings is 1. The van der Waals surface area contributed by atoms with Crippen molar-refractivity contribution in [2.45, 2.75) is 76.1 Å². The fraction of sp³-hybridized carbons (Fsp3) is 0.571. The van der Waals surface area contributed by atoms with Gasteiger partial charge in [-0.3, -0.25) is 14.7 Å². The van der Waals surface area contributed by atoms with Crippen LogP contribution in [0.2, 0.25) is 0 Å². The molecule has 1 spiro atoms. The molecule has 36 heavy (non-hydrogen) atoms. The van der Waals surface area contributed by atoms with Gasteiger partial charge in [-0.2, -0.15) is 13.2 Å². The first-order valence-corrected chi connectivity index (χ1v) is 12.9. The van der Waals surface area contributed by atoms with E-state index < -0.39 is 29.7 Å². The number of benzene rings is 1. The summed E-state index contributed by atoms with van der Waals surface area (Å²) >= 11 is 0. The molecule has 5 rings (SSSR count). The van der Waals surface area contributed by atoms with Gasteiger partial charge in [0, 0.05) is 25.3 Å². The Morgan fingerprint density at radius 1 is 1.17 bits per heavy atom. The van der Waals surface area contributed by atoms with Gasteiger partial charge in [0.15, 0.2) is 0 Å². The van der Waals surface area contributed by atoms with Gasteiger partial charge in [0.2, 0.25) is 0 Å². The summed E-state index contributed by atoms with van der Waals surface area (Å²) in [5.74, 6) is 0.00598. The molecule has 1 saturated carbocycles. The number of ether oxygens (including phenoxy) is 1. The first-order chi connectivity index (χ1) is 17.1. The van der Waals surface area contributed by atoms with Crippen LogP contribution in [0.3, 0.4) is 0 Å². The summed E-state index contributed by atoms with van der Waals surface area (Å²) in [4.78, 5) is 17.9. The minimum atomic E-state index is -4.43. The van der Waals surface area contributed by atoms with Crippen molar-refractivity contribution in [1.29, 1.82) is 0 Å². The lowest BCUT2D eigenvalue weighted by molar-refractivity contribution is -0.142. The SMILES string of the molecule is CC(c1ncccc1C(F)(F)F)N1CCC2(CCc3ccc([C@H](C4CC4)[C@H](C)C(=O)O)cc3O2)CC1. The molecule has 0 amide bonds. The van der Waals surface area contributed by atoms with Crippen LogP contribution in [0.5, 0.6) is 5.75 Å². The molecule has 0 radical (unpaired) electrons. The zero-order valence-corrected chi connectivity index (χ0v) is 20.7. The van der Waals surface area contributed by atoms with E-state index in [0.29, 0.717) is 19.0 Å². The van der Waals surface area contributed by atoms with E-state index in [4.69, 9.17) is 4.74 Å². The Kier molecular flexibility index (Phi) is 6.52. The maximum atomic E-state index is 13.5. The Morgan fingerprint density at radius 2 is 1.89 bits per heavy atom. The highest BCUT2D eigenvalue weighted by Crippen LogP contribution is 2.49. The lowest BCUT2D eigenvalue weighted by Gasteiger charge is -2.46. The molecule has 1 aromatic carbocycles. The summed E-state index contributed by atoms with van der Waals surface area (Å²) in [7, 11) is 0. The number of carbonyl (C=O) groups is 1. The third-order valence-corrected chi connectivity index (χ3v) is 8.51. The second kappa shape index (κ2) is 9.36. The van der Waals surface area contributed by atoms with E-state index in [-0.39, 0.29) is 17.2 Å². The predicted octanol–water partition coefficient (Wildman–Crippen LogP) is 6.24. The van der Waals surface area contributed by atoms with Gasteiger partial charge < -0.3 is 9.84 Å². The molecule has 3 aliphatic rings. The number of aromatic nitrogens is 1. The molecular formula is C28H33F3N2O3. The molecule has 8 heteroatoms.